The Morgan fingerprint density at radius 2 is 0.952 bits per heavy atom. The van der Waals surface area contributed by atoms with Crippen molar-refractivity contribution in [2.45, 2.75) is 225 Å². The number of aliphatic hydroxyl groups excluding tert-OH is 1. The van der Waals surface area contributed by atoms with Crippen LogP contribution in [0.3, 0.4) is 0 Å². The average Bonchev–Trinajstić information content (AvgIpc) is 3.24. The highest BCUT2D eigenvalue weighted by atomic mass is 31.2. The Bertz CT molecular complexity index is 1250. The van der Waals surface area contributed by atoms with Gasteiger partial charge in [-0.1, -0.05) is 215 Å². The summed E-state index contributed by atoms with van der Waals surface area (Å²) in [4.78, 5) is 23.3. The van der Waals surface area contributed by atoms with Crippen molar-refractivity contribution in [3.63, 3.8) is 0 Å². The van der Waals surface area contributed by atoms with E-state index in [1.807, 2.05) is 21.1 Å². The maximum Gasteiger partial charge on any atom is 0.472 e. The number of likely N-dealkylation sites (N-methyl/N-ethyl adjacent to an activating group) is 1. The van der Waals surface area contributed by atoms with Gasteiger partial charge >= 0.3 is 7.82 Å². The fourth-order valence-corrected chi connectivity index (χ4v) is 7.90. The summed E-state index contributed by atoms with van der Waals surface area (Å²) in [5.41, 5.74) is 0. The summed E-state index contributed by atoms with van der Waals surface area (Å²) >= 11 is 0. The number of rotatable bonds is 46. The number of unbranched alkanes of at least 4 members (excludes halogenated alkanes) is 21. The van der Waals surface area contributed by atoms with Crippen LogP contribution in [-0.4, -0.2) is 73.4 Å². The van der Waals surface area contributed by atoms with Crippen molar-refractivity contribution in [1.82, 2.24) is 5.32 Å². The first-order valence-electron chi connectivity index (χ1n) is 25.8. The van der Waals surface area contributed by atoms with Crippen molar-refractivity contribution in [3.05, 3.63) is 72.9 Å². The summed E-state index contributed by atoms with van der Waals surface area (Å²) in [6.45, 7) is 4.76. The monoisotopic (exact) mass is 904 g/mol. The molecule has 1 amide bonds. The third kappa shape index (κ3) is 47.7. The first kappa shape index (κ1) is 60.9. The van der Waals surface area contributed by atoms with E-state index in [9.17, 15) is 19.4 Å². The second kappa shape index (κ2) is 45.1. The molecule has 0 rings (SSSR count). The fourth-order valence-electron chi connectivity index (χ4n) is 7.17. The van der Waals surface area contributed by atoms with Crippen LogP contribution in [0.15, 0.2) is 72.9 Å². The molecule has 0 heterocycles. The van der Waals surface area contributed by atoms with Crippen molar-refractivity contribution in [2.24, 2.45) is 0 Å². The molecular formula is C54H100N2O6P+. The molecule has 0 aromatic heterocycles. The Labute approximate surface area is 389 Å². The molecule has 3 unspecified atom stereocenters. The van der Waals surface area contributed by atoms with Crippen LogP contribution in [0.5, 0.6) is 0 Å². The zero-order valence-corrected chi connectivity index (χ0v) is 42.4. The Balaban J connectivity index is 4.30. The van der Waals surface area contributed by atoms with Gasteiger partial charge in [0, 0.05) is 6.42 Å². The summed E-state index contributed by atoms with van der Waals surface area (Å²) in [6, 6.07) is -0.773. The maximum absolute atomic E-state index is 13.0. The van der Waals surface area contributed by atoms with Crippen LogP contribution >= 0.6 is 7.82 Å². The van der Waals surface area contributed by atoms with E-state index in [0.717, 1.165) is 89.9 Å². The molecule has 3 atom stereocenters. The molecule has 0 aliphatic rings. The number of amides is 1. The van der Waals surface area contributed by atoms with Crippen LogP contribution in [0.1, 0.15) is 213 Å². The van der Waals surface area contributed by atoms with E-state index >= 15 is 0 Å². The third-order valence-electron chi connectivity index (χ3n) is 11.2. The minimum Gasteiger partial charge on any atom is -0.391 e. The number of carbonyl (C=O) groups is 1. The number of hydrogen-bond donors (Lipinski definition) is 3. The Morgan fingerprint density at radius 3 is 1.40 bits per heavy atom. The molecule has 3 N–H and O–H groups in total. The molecule has 63 heavy (non-hydrogen) atoms. The highest BCUT2D eigenvalue weighted by molar-refractivity contribution is 7.47. The van der Waals surface area contributed by atoms with Crippen LogP contribution in [0.2, 0.25) is 0 Å². The van der Waals surface area contributed by atoms with Gasteiger partial charge in [0.25, 0.3) is 0 Å². The fraction of sp³-hybridized carbons (Fsp3) is 0.759. The predicted molar refractivity (Wildman–Crippen MR) is 272 cm³/mol. The van der Waals surface area contributed by atoms with Gasteiger partial charge in [-0.15, -0.1) is 0 Å². The molecule has 0 saturated carbocycles. The normalized spacial score (nSPS) is 14.7. The Hall–Kier alpha value is -2.06. The predicted octanol–water partition coefficient (Wildman–Crippen LogP) is 15.1. The van der Waals surface area contributed by atoms with E-state index in [2.05, 4.69) is 92.1 Å². The number of hydrogen-bond acceptors (Lipinski definition) is 5. The van der Waals surface area contributed by atoms with Crippen molar-refractivity contribution < 1.29 is 32.9 Å². The Morgan fingerprint density at radius 1 is 0.556 bits per heavy atom. The van der Waals surface area contributed by atoms with E-state index in [1.54, 1.807) is 0 Å². The number of quaternary nitrogens is 1. The highest BCUT2D eigenvalue weighted by Gasteiger charge is 2.28. The zero-order valence-electron chi connectivity index (χ0n) is 41.5. The summed E-state index contributed by atoms with van der Waals surface area (Å²) < 4.78 is 23.7. The van der Waals surface area contributed by atoms with Gasteiger partial charge in [0.05, 0.1) is 39.9 Å². The van der Waals surface area contributed by atoms with Crippen molar-refractivity contribution in [3.8, 4) is 0 Å². The first-order valence-corrected chi connectivity index (χ1v) is 27.3. The molecule has 366 valence electrons. The minimum atomic E-state index is -4.33. The molecule has 0 aromatic carbocycles. The second-order valence-electron chi connectivity index (χ2n) is 18.5. The highest BCUT2D eigenvalue weighted by Crippen LogP contribution is 2.43. The SMILES string of the molecule is CC/C=C\C/C=C\C/C=C\C/C=C\C/C=C\C/C=C\CCCCCCCCC(=O)NC(COP(=O)(O)OCC[N+](C)(C)C)C(O)CCCCCCCCCCCCCCCCCC. The van der Waals surface area contributed by atoms with Gasteiger partial charge in [-0.3, -0.25) is 13.8 Å². The second-order valence-corrected chi connectivity index (χ2v) is 20.0. The molecule has 8 nitrogen and oxygen atoms in total. The molecule has 0 fully saturated rings. The number of aliphatic hydroxyl groups is 1. The van der Waals surface area contributed by atoms with E-state index in [1.165, 1.54) is 96.3 Å². The topological polar surface area (TPSA) is 105 Å². The van der Waals surface area contributed by atoms with E-state index in [0.29, 0.717) is 23.9 Å². The van der Waals surface area contributed by atoms with Crippen molar-refractivity contribution in [1.29, 1.82) is 0 Å². The number of nitrogens with one attached hydrogen (secondary N) is 1. The molecule has 0 aromatic rings. The van der Waals surface area contributed by atoms with Gasteiger partial charge in [0.15, 0.2) is 0 Å². The quantitative estimate of drug-likeness (QED) is 0.0243. The van der Waals surface area contributed by atoms with Crippen molar-refractivity contribution >= 4 is 13.7 Å². The lowest BCUT2D eigenvalue weighted by Crippen LogP contribution is -2.46. The minimum absolute atomic E-state index is 0.0680. The zero-order chi connectivity index (χ0) is 46.4. The third-order valence-corrected chi connectivity index (χ3v) is 12.2. The molecule has 0 saturated heterocycles. The van der Waals surface area contributed by atoms with Crippen LogP contribution in [0.4, 0.5) is 0 Å². The summed E-state index contributed by atoms with van der Waals surface area (Å²) in [5.74, 6) is -0.161. The lowest BCUT2D eigenvalue weighted by atomic mass is 10.0. The standard InChI is InChI=1S/C54H99N2O6P/c1-6-8-10-12-14-16-18-20-22-24-25-26-27-28-29-30-31-32-34-36-38-40-42-44-46-48-54(58)55-52(51-62-63(59,60)61-50-49-56(3,4)5)53(57)47-45-43-41-39-37-35-33-23-21-19-17-15-13-11-9-7-2/h8,10,14,16,20,22,25-26,28-29,31-32,52-53,57H,6-7,9,11-13,15,17-19,21,23-24,27,30,33-51H2,1-5H3,(H-,55,58,59,60)/p+1/b10-8-,16-14-,22-20-,26-25-,29-28-,32-31-. The lowest BCUT2D eigenvalue weighted by molar-refractivity contribution is -0.870. The van der Waals surface area contributed by atoms with Gasteiger partial charge < -0.3 is 19.8 Å². The summed E-state index contributed by atoms with van der Waals surface area (Å²) in [7, 11) is 1.60. The largest absolute Gasteiger partial charge is 0.472 e. The van der Waals surface area contributed by atoms with E-state index in [-0.39, 0.29) is 19.1 Å². The van der Waals surface area contributed by atoms with Gasteiger partial charge in [-0.25, -0.2) is 4.57 Å². The first-order chi connectivity index (χ1) is 30.5. The van der Waals surface area contributed by atoms with Crippen molar-refractivity contribution in [2.75, 3.05) is 40.9 Å². The Kier molecular flexibility index (Phi) is 43.6. The van der Waals surface area contributed by atoms with Gasteiger partial charge in [0.1, 0.15) is 13.2 Å². The van der Waals surface area contributed by atoms with E-state index < -0.39 is 20.0 Å². The van der Waals surface area contributed by atoms with Crippen LogP contribution in [0.25, 0.3) is 0 Å². The number of phosphoric ester groups is 1. The summed E-state index contributed by atoms with van der Waals surface area (Å²) in [5, 5.41) is 14.0. The number of carbonyl (C=O) groups excluding carboxylic acids is 1. The molecule has 0 radical (unpaired) electrons. The molecule has 0 bridgehead atoms. The van der Waals surface area contributed by atoms with E-state index in [4.69, 9.17) is 9.05 Å². The molecule has 0 spiro atoms. The number of allylic oxidation sites excluding steroid dienone is 12. The molecule has 9 heteroatoms. The van der Waals surface area contributed by atoms with Crippen LogP contribution < -0.4 is 5.32 Å². The van der Waals surface area contributed by atoms with Gasteiger partial charge in [0.2, 0.25) is 5.91 Å². The number of nitrogens with zero attached hydrogens (tertiary/aromatic N) is 1. The van der Waals surface area contributed by atoms with Gasteiger partial charge in [-0.05, 0) is 64.2 Å². The number of phosphoric acid groups is 1. The van der Waals surface area contributed by atoms with Gasteiger partial charge in [-0.2, -0.15) is 0 Å². The average molecular weight is 904 g/mol. The summed E-state index contributed by atoms with van der Waals surface area (Å²) in [6.07, 6.45) is 60.7. The lowest BCUT2D eigenvalue weighted by Gasteiger charge is -2.26. The molecule has 0 aliphatic heterocycles. The maximum atomic E-state index is 13.0. The molecule has 0 aliphatic carbocycles. The molecular weight excluding hydrogens is 804 g/mol. The smallest absolute Gasteiger partial charge is 0.391 e. The van der Waals surface area contributed by atoms with Crippen LogP contribution in [-0.2, 0) is 18.4 Å². The van der Waals surface area contributed by atoms with Crippen LogP contribution in [0, 0.1) is 0 Å².